The Hall–Kier alpha value is -1.66. The first-order chi connectivity index (χ1) is 9.67. The van der Waals surface area contributed by atoms with Gasteiger partial charge in [0.25, 0.3) is 0 Å². The lowest BCUT2D eigenvalue weighted by Crippen LogP contribution is -2.37. The highest BCUT2D eigenvalue weighted by Crippen LogP contribution is 2.31. The first kappa shape index (κ1) is 14.7. The summed E-state index contributed by atoms with van der Waals surface area (Å²) >= 11 is 1.59. The van der Waals surface area contributed by atoms with Gasteiger partial charge in [-0.05, 0) is 25.3 Å². The lowest BCUT2D eigenvalue weighted by atomic mass is 9.98. The zero-order valence-electron chi connectivity index (χ0n) is 11.8. The summed E-state index contributed by atoms with van der Waals surface area (Å²) in [5.74, 6) is 0.765. The van der Waals surface area contributed by atoms with Gasteiger partial charge in [-0.25, -0.2) is 4.79 Å². The summed E-state index contributed by atoms with van der Waals surface area (Å²) in [5.41, 5.74) is 1.51. The summed E-state index contributed by atoms with van der Waals surface area (Å²) in [6.45, 7) is 4.68. The molecule has 1 aliphatic rings. The first-order valence-corrected chi connectivity index (χ1v) is 7.29. The number of urea groups is 1. The third-order valence-corrected chi connectivity index (χ3v) is 3.89. The van der Waals surface area contributed by atoms with E-state index in [0.717, 1.165) is 16.2 Å². The number of hydrogen-bond donors (Lipinski definition) is 1. The summed E-state index contributed by atoms with van der Waals surface area (Å²) in [7, 11) is 1.59. The van der Waals surface area contributed by atoms with Crippen molar-refractivity contribution in [2.75, 3.05) is 20.3 Å². The summed E-state index contributed by atoms with van der Waals surface area (Å²) in [6.07, 6.45) is 0. The number of ether oxygens (including phenoxy) is 2. The number of amides is 2. The Morgan fingerprint density at radius 3 is 2.95 bits per heavy atom. The molecule has 2 heterocycles. The van der Waals surface area contributed by atoms with Gasteiger partial charge in [-0.1, -0.05) is 6.07 Å². The largest absolute Gasteiger partial charge is 0.498 e. The van der Waals surface area contributed by atoms with Crippen molar-refractivity contribution in [3.8, 4) is 0 Å². The average Bonchev–Trinajstić information content (AvgIpc) is 2.92. The number of carbonyl (C=O) groups is 1. The van der Waals surface area contributed by atoms with Crippen LogP contribution in [0.2, 0.25) is 0 Å². The van der Waals surface area contributed by atoms with E-state index in [9.17, 15) is 4.79 Å². The quantitative estimate of drug-likeness (QED) is 0.849. The maximum atomic E-state index is 11.8. The van der Waals surface area contributed by atoms with Gasteiger partial charge in [0.05, 0.1) is 25.0 Å². The number of rotatable bonds is 5. The van der Waals surface area contributed by atoms with Gasteiger partial charge in [0.2, 0.25) is 0 Å². The van der Waals surface area contributed by atoms with Gasteiger partial charge in [-0.15, -0.1) is 11.3 Å². The molecule has 0 aliphatic carbocycles. The molecule has 0 radical (unpaired) electrons. The smallest absolute Gasteiger partial charge is 0.342 e. The predicted molar refractivity (Wildman–Crippen MR) is 79.2 cm³/mol. The molecule has 1 aromatic heterocycles. The second-order valence-corrected chi connectivity index (χ2v) is 5.27. The maximum absolute atomic E-state index is 11.8. The van der Waals surface area contributed by atoms with Crippen LogP contribution >= 0.6 is 11.3 Å². The predicted octanol–water partition coefficient (Wildman–Crippen LogP) is 2.91. The molecule has 0 aromatic carbocycles. The van der Waals surface area contributed by atoms with Crippen LogP contribution in [-0.2, 0) is 9.47 Å². The number of methoxy groups -OCH3 is 1. The van der Waals surface area contributed by atoms with Gasteiger partial charge < -0.3 is 14.8 Å². The molecule has 1 atom stereocenters. The van der Waals surface area contributed by atoms with Crippen molar-refractivity contribution in [2.24, 2.45) is 4.99 Å². The van der Waals surface area contributed by atoms with Crippen molar-refractivity contribution >= 4 is 23.1 Å². The van der Waals surface area contributed by atoms with Gasteiger partial charge in [0.15, 0.2) is 0 Å². The maximum Gasteiger partial charge on any atom is 0.342 e. The molecule has 1 aromatic rings. The minimum Gasteiger partial charge on any atom is -0.498 e. The van der Waals surface area contributed by atoms with Gasteiger partial charge in [-0.2, -0.15) is 4.99 Å². The molecule has 2 rings (SSSR count). The van der Waals surface area contributed by atoms with E-state index in [4.69, 9.17) is 9.47 Å². The Bertz CT molecular complexity index is 535. The number of aliphatic imine (C=N–C) groups is 1. The van der Waals surface area contributed by atoms with Crippen LogP contribution < -0.4 is 5.32 Å². The van der Waals surface area contributed by atoms with E-state index in [2.05, 4.69) is 10.3 Å². The molecule has 0 spiro atoms. The number of thiophene rings is 1. The number of hydrogen-bond acceptors (Lipinski definition) is 4. The Morgan fingerprint density at radius 2 is 2.35 bits per heavy atom. The van der Waals surface area contributed by atoms with Crippen LogP contribution in [0.15, 0.2) is 33.8 Å². The van der Waals surface area contributed by atoms with Gasteiger partial charge in [0, 0.05) is 17.6 Å². The molecule has 6 heteroatoms. The highest BCUT2D eigenvalue weighted by atomic mass is 32.1. The van der Waals surface area contributed by atoms with E-state index in [1.165, 1.54) is 0 Å². The third-order valence-electron chi connectivity index (χ3n) is 2.95. The van der Waals surface area contributed by atoms with E-state index < -0.39 is 0 Å². The lowest BCUT2D eigenvalue weighted by Gasteiger charge is -2.27. The summed E-state index contributed by atoms with van der Waals surface area (Å²) in [6, 6.07) is 3.38. The minimum absolute atomic E-state index is 0.225. The first-order valence-electron chi connectivity index (χ1n) is 6.41. The number of nitrogens with zero attached hydrogens (tertiary/aromatic N) is 1. The fraction of sp³-hybridized carbons (Fsp3) is 0.429. The zero-order chi connectivity index (χ0) is 14.5. The van der Waals surface area contributed by atoms with Crippen LogP contribution in [0.5, 0.6) is 0 Å². The van der Waals surface area contributed by atoms with Gasteiger partial charge in [-0.3, -0.25) is 0 Å². The molecule has 0 bridgehead atoms. The molecule has 108 valence electrons. The highest BCUT2D eigenvalue weighted by Gasteiger charge is 2.31. The minimum atomic E-state index is -0.344. The molecule has 1 unspecified atom stereocenters. The highest BCUT2D eigenvalue weighted by molar-refractivity contribution is 7.10. The second kappa shape index (κ2) is 6.67. The van der Waals surface area contributed by atoms with E-state index in [0.29, 0.717) is 12.3 Å². The van der Waals surface area contributed by atoms with Gasteiger partial charge in [0.1, 0.15) is 5.76 Å². The van der Waals surface area contributed by atoms with Crippen LogP contribution in [0.3, 0.4) is 0 Å². The van der Waals surface area contributed by atoms with Crippen LogP contribution in [0.25, 0.3) is 0 Å². The number of allylic oxidation sites excluding steroid dienone is 1. The Balaban J connectivity index is 2.47. The summed E-state index contributed by atoms with van der Waals surface area (Å²) in [4.78, 5) is 16.8. The molecule has 2 amide bonds. The molecule has 0 fully saturated rings. The molecule has 0 saturated carbocycles. The molecule has 0 saturated heterocycles. The zero-order valence-corrected chi connectivity index (χ0v) is 12.6. The van der Waals surface area contributed by atoms with Crippen LogP contribution in [0, 0.1) is 0 Å². The third kappa shape index (κ3) is 3.08. The van der Waals surface area contributed by atoms with Crippen LogP contribution in [-0.4, -0.2) is 32.1 Å². The Labute approximate surface area is 122 Å². The normalized spacial score (nSPS) is 21.2. The lowest BCUT2D eigenvalue weighted by molar-refractivity contribution is 0.220. The van der Waals surface area contributed by atoms with Crippen molar-refractivity contribution < 1.29 is 14.3 Å². The second-order valence-electron chi connectivity index (χ2n) is 4.29. The number of nitrogens with one attached hydrogen (secondary N) is 1. The summed E-state index contributed by atoms with van der Waals surface area (Å²) in [5, 5.41) is 4.87. The van der Waals surface area contributed by atoms with Crippen LogP contribution in [0.1, 0.15) is 24.8 Å². The summed E-state index contributed by atoms with van der Waals surface area (Å²) < 4.78 is 10.8. The molecule has 1 N–H and O–H groups in total. The monoisotopic (exact) mass is 294 g/mol. The van der Waals surface area contributed by atoms with Crippen molar-refractivity contribution in [2.45, 2.75) is 19.9 Å². The van der Waals surface area contributed by atoms with Crippen LogP contribution in [0.4, 0.5) is 4.79 Å². The van der Waals surface area contributed by atoms with Crippen molar-refractivity contribution in [1.29, 1.82) is 0 Å². The van der Waals surface area contributed by atoms with Crippen molar-refractivity contribution in [3.63, 3.8) is 0 Å². The Morgan fingerprint density at radius 1 is 1.55 bits per heavy atom. The molecule has 20 heavy (non-hydrogen) atoms. The van der Waals surface area contributed by atoms with E-state index in [1.807, 2.05) is 31.4 Å². The molecular weight excluding hydrogens is 276 g/mol. The van der Waals surface area contributed by atoms with Gasteiger partial charge >= 0.3 is 6.03 Å². The van der Waals surface area contributed by atoms with E-state index in [-0.39, 0.29) is 18.7 Å². The van der Waals surface area contributed by atoms with Crippen molar-refractivity contribution in [3.05, 3.63) is 33.7 Å². The SMILES string of the molecule is CCO/C(C)=C1/C(COC)=NC(=O)NC1c1cccs1. The molecule has 1 aliphatic heterocycles. The topological polar surface area (TPSA) is 59.9 Å². The van der Waals surface area contributed by atoms with E-state index in [1.54, 1.807) is 18.4 Å². The molecular formula is C14H18N2O3S. The van der Waals surface area contributed by atoms with E-state index >= 15 is 0 Å². The Kier molecular flexibility index (Phi) is 4.92. The standard InChI is InChI=1S/C14H18N2O3S/c1-4-19-9(2)12-10(8-18-3)15-14(17)16-13(12)11-6-5-7-20-11/h5-7,13H,4,8H2,1-3H3,(H,16,17)/b12-9-. The molecule has 5 nitrogen and oxygen atoms in total. The average molecular weight is 294 g/mol. The number of carbonyl (C=O) groups excluding carboxylic acids is 1. The van der Waals surface area contributed by atoms with Crippen molar-refractivity contribution in [1.82, 2.24) is 5.32 Å². The fourth-order valence-electron chi connectivity index (χ4n) is 2.19. The fourth-order valence-corrected chi connectivity index (χ4v) is 2.98.